The molecule has 1 N–H and O–H groups in total. The highest BCUT2D eigenvalue weighted by Crippen LogP contribution is 2.10. The van der Waals surface area contributed by atoms with Crippen LogP contribution in [0.25, 0.3) is 0 Å². The summed E-state index contributed by atoms with van der Waals surface area (Å²) in [4.78, 5) is 32.5. The summed E-state index contributed by atoms with van der Waals surface area (Å²) < 4.78 is 4.55. The van der Waals surface area contributed by atoms with E-state index in [0.29, 0.717) is 0 Å². The molecule has 0 radical (unpaired) electrons. The predicted molar refractivity (Wildman–Crippen MR) is 44.3 cm³/mol. The number of carboxylic acid groups (broad SMARTS) is 1. The van der Waals surface area contributed by atoms with Gasteiger partial charge in [-0.1, -0.05) is 0 Å². The summed E-state index contributed by atoms with van der Waals surface area (Å²) in [6, 6.07) is -1.27. The Hall–Kier alpha value is -1.98. The Kier molecular flexibility index (Phi) is 2.76. The molecule has 1 heterocycles. The minimum Gasteiger partial charge on any atom is -0.476 e. The smallest absolute Gasteiger partial charge is 0.382 e. The van der Waals surface area contributed by atoms with Crippen LogP contribution in [0.15, 0.2) is 23.9 Å². The van der Waals surface area contributed by atoms with Crippen molar-refractivity contribution in [3.8, 4) is 0 Å². The molecule has 1 atom stereocenters. The lowest BCUT2D eigenvalue weighted by Gasteiger charge is -2.03. The number of aliphatic carboxylic acids is 1. The molecule has 74 valence electrons. The molecule has 1 rings (SSSR count). The minimum atomic E-state index is -1.27. The van der Waals surface area contributed by atoms with Gasteiger partial charge in [-0.15, -0.1) is 0 Å². The van der Waals surface area contributed by atoms with Crippen LogP contribution >= 0.6 is 0 Å². The van der Waals surface area contributed by atoms with Crippen LogP contribution in [0.5, 0.6) is 0 Å². The van der Waals surface area contributed by atoms with Crippen molar-refractivity contribution in [1.82, 2.24) is 0 Å². The largest absolute Gasteiger partial charge is 0.476 e. The number of nitrogens with zero attached hydrogens (tertiary/aromatic N) is 1. The van der Waals surface area contributed by atoms with Crippen LogP contribution in [-0.4, -0.2) is 35.0 Å². The quantitative estimate of drug-likeness (QED) is 0.492. The van der Waals surface area contributed by atoms with Crippen molar-refractivity contribution in [2.24, 2.45) is 0 Å². The number of methoxy groups -OCH3 is 1. The molecule has 1 aliphatic rings. The van der Waals surface area contributed by atoms with Gasteiger partial charge in [-0.05, 0) is 6.08 Å². The van der Waals surface area contributed by atoms with E-state index in [1.807, 2.05) is 0 Å². The number of esters is 1. The van der Waals surface area contributed by atoms with E-state index in [2.05, 4.69) is 4.74 Å². The fourth-order valence-corrected chi connectivity index (χ4v) is 0.970. The monoisotopic (exact) mass is 198 g/mol. The van der Waals surface area contributed by atoms with Crippen LogP contribution in [0, 0.1) is 4.91 Å². The second-order valence-electron chi connectivity index (χ2n) is 2.58. The number of hydrogen-bond acceptors (Lipinski definition) is 4. The van der Waals surface area contributed by atoms with Crippen LogP contribution in [-0.2, 0) is 14.3 Å². The summed E-state index contributed by atoms with van der Waals surface area (Å²) in [5, 5.41) is 8.55. The first kappa shape index (κ1) is 10.1. The summed E-state index contributed by atoms with van der Waals surface area (Å²) in [5.41, 5.74) is 0.0278. The number of nitroso groups, excluding NO2 is 1. The maximum Gasteiger partial charge on any atom is 0.382 e. The van der Waals surface area contributed by atoms with E-state index in [0.717, 1.165) is 12.3 Å². The predicted octanol–water partition coefficient (Wildman–Crippen LogP) is -0.155. The molecule has 0 bridgehead atoms. The summed E-state index contributed by atoms with van der Waals surface area (Å²) >= 11 is 0. The lowest BCUT2D eigenvalue weighted by Crippen LogP contribution is -2.30. The molecular formula is C8H8NO5+. The van der Waals surface area contributed by atoms with E-state index in [4.69, 9.17) is 5.11 Å². The van der Waals surface area contributed by atoms with Crippen molar-refractivity contribution >= 4 is 11.9 Å². The fraction of sp³-hybridized carbons (Fsp3) is 0.250. The van der Waals surface area contributed by atoms with Crippen molar-refractivity contribution in [2.75, 3.05) is 7.11 Å². The average Bonchev–Trinajstić information content (AvgIpc) is 2.15. The molecule has 0 aliphatic carbocycles. The van der Waals surface area contributed by atoms with Gasteiger partial charge >= 0.3 is 18.0 Å². The zero-order chi connectivity index (χ0) is 10.7. The van der Waals surface area contributed by atoms with Gasteiger partial charge in [0.15, 0.2) is 0 Å². The first-order chi connectivity index (χ1) is 6.56. The van der Waals surface area contributed by atoms with Crippen LogP contribution in [0.3, 0.4) is 0 Å². The van der Waals surface area contributed by atoms with E-state index in [1.165, 1.54) is 13.2 Å². The Labute approximate surface area is 79.0 Å². The molecule has 0 spiro atoms. The van der Waals surface area contributed by atoms with Crippen LogP contribution in [0.1, 0.15) is 0 Å². The zero-order valence-electron chi connectivity index (χ0n) is 7.34. The summed E-state index contributed by atoms with van der Waals surface area (Å²) in [7, 11) is 1.18. The molecule has 0 aromatic heterocycles. The third-order valence-corrected chi connectivity index (χ3v) is 1.67. The molecule has 0 saturated carbocycles. The van der Waals surface area contributed by atoms with Gasteiger partial charge in [-0.2, -0.15) is 0 Å². The van der Waals surface area contributed by atoms with Gasteiger partial charge in [0.2, 0.25) is 6.20 Å². The SMILES string of the molecule is COC(=O)C1=C[N+](=O)C(C(=O)O)C=C1. The molecule has 1 aliphatic heterocycles. The summed E-state index contributed by atoms with van der Waals surface area (Å²) in [6.45, 7) is 0. The van der Waals surface area contributed by atoms with E-state index in [1.54, 1.807) is 0 Å². The van der Waals surface area contributed by atoms with E-state index >= 15 is 0 Å². The highest BCUT2D eigenvalue weighted by Gasteiger charge is 2.33. The highest BCUT2D eigenvalue weighted by molar-refractivity contribution is 5.91. The number of carboxylic acids is 1. The Morgan fingerprint density at radius 3 is 2.64 bits per heavy atom. The third kappa shape index (κ3) is 1.85. The number of ether oxygens (including phenoxy) is 1. The van der Waals surface area contributed by atoms with Gasteiger partial charge in [0.1, 0.15) is 5.57 Å². The molecule has 0 saturated heterocycles. The average molecular weight is 198 g/mol. The topological polar surface area (TPSA) is 83.7 Å². The molecule has 6 nitrogen and oxygen atoms in total. The van der Waals surface area contributed by atoms with Gasteiger partial charge in [0.05, 0.1) is 7.11 Å². The minimum absolute atomic E-state index is 0.0278. The van der Waals surface area contributed by atoms with E-state index < -0.39 is 18.0 Å². The van der Waals surface area contributed by atoms with Crippen LogP contribution in [0.2, 0.25) is 0 Å². The molecular weight excluding hydrogens is 190 g/mol. The molecule has 0 aromatic carbocycles. The van der Waals surface area contributed by atoms with Crippen molar-refractivity contribution in [2.45, 2.75) is 6.04 Å². The van der Waals surface area contributed by atoms with Gasteiger partial charge in [0.25, 0.3) is 0 Å². The Morgan fingerprint density at radius 2 is 2.21 bits per heavy atom. The molecule has 0 aromatic rings. The van der Waals surface area contributed by atoms with Gasteiger partial charge in [-0.3, -0.25) is 0 Å². The van der Waals surface area contributed by atoms with Crippen LogP contribution < -0.4 is 0 Å². The van der Waals surface area contributed by atoms with E-state index in [9.17, 15) is 14.5 Å². The lowest BCUT2D eigenvalue weighted by atomic mass is 10.1. The maximum absolute atomic E-state index is 11.1. The molecule has 14 heavy (non-hydrogen) atoms. The summed E-state index contributed by atoms with van der Waals surface area (Å²) in [5.74, 6) is -1.94. The first-order valence-corrected chi connectivity index (χ1v) is 3.73. The number of hydrogen-bond donors (Lipinski definition) is 1. The fourth-order valence-electron chi connectivity index (χ4n) is 0.970. The number of carbonyl (C=O) groups excluding carboxylic acids is 1. The van der Waals surface area contributed by atoms with Gasteiger partial charge in [-0.25, -0.2) is 9.59 Å². The van der Waals surface area contributed by atoms with Gasteiger partial charge in [0, 0.05) is 15.7 Å². The first-order valence-electron chi connectivity index (χ1n) is 3.73. The zero-order valence-corrected chi connectivity index (χ0v) is 7.34. The molecule has 0 amide bonds. The van der Waals surface area contributed by atoms with Crippen molar-refractivity contribution in [1.29, 1.82) is 0 Å². The maximum atomic E-state index is 11.1. The number of carbonyl (C=O) groups is 2. The molecule has 6 heteroatoms. The van der Waals surface area contributed by atoms with Crippen molar-refractivity contribution in [3.63, 3.8) is 0 Å². The van der Waals surface area contributed by atoms with Crippen LogP contribution in [0.4, 0.5) is 0 Å². The Balaban J connectivity index is 2.87. The second-order valence-corrected chi connectivity index (χ2v) is 2.58. The van der Waals surface area contributed by atoms with Gasteiger partial charge < -0.3 is 9.84 Å². The normalized spacial score (nSPS) is 20.2. The van der Waals surface area contributed by atoms with E-state index in [-0.39, 0.29) is 10.3 Å². The Morgan fingerprint density at radius 1 is 1.57 bits per heavy atom. The number of rotatable bonds is 2. The Bertz CT molecular complexity index is 355. The van der Waals surface area contributed by atoms with Crippen molar-refractivity contribution in [3.05, 3.63) is 28.8 Å². The van der Waals surface area contributed by atoms with Crippen molar-refractivity contribution < 1.29 is 24.2 Å². The standard InChI is InChI=1S/C8H7NO5/c1-14-8(12)5-2-3-6(7(10)11)9(13)4-5/h2-4,6H,1H3/p+1. The molecule has 0 fully saturated rings. The third-order valence-electron chi connectivity index (χ3n) is 1.67. The summed E-state index contributed by atoms with van der Waals surface area (Å²) in [6.07, 6.45) is 3.27. The lowest BCUT2D eigenvalue weighted by molar-refractivity contribution is -0.498. The highest BCUT2D eigenvalue weighted by atomic mass is 16.5. The molecule has 1 unspecified atom stereocenters. The second kappa shape index (κ2) is 3.82.